The van der Waals surface area contributed by atoms with Crippen LogP contribution in [0.3, 0.4) is 0 Å². The zero-order valence-corrected chi connectivity index (χ0v) is 23.3. The first kappa shape index (κ1) is 30.5. The van der Waals surface area contributed by atoms with Crippen LogP contribution in [0, 0.1) is 11.8 Å². The third kappa shape index (κ3) is 8.73. The first-order valence-corrected chi connectivity index (χ1v) is 13.4. The normalized spacial score (nSPS) is 16.4. The number of nitrogens with zero attached hydrogens (tertiary/aromatic N) is 5. The van der Waals surface area contributed by atoms with E-state index in [1.165, 1.54) is 4.90 Å². The van der Waals surface area contributed by atoms with Crippen LogP contribution < -0.4 is 5.32 Å². The first-order chi connectivity index (χ1) is 19.1. The van der Waals surface area contributed by atoms with Crippen LogP contribution in [0.1, 0.15) is 74.4 Å². The van der Waals surface area contributed by atoms with Gasteiger partial charge in [0.25, 0.3) is 5.91 Å². The Morgan fingerprint density at radius 2 is 2.00 bits per heavy atom. The zero-order chi connectivity index (χ0) is 29.1. The molecule has 1 fully saturated rings. The van der Waals surface area contributed by atoms with Crippen molar-refractivity contribution in [2.75, 3.05) is 32.8 Å². The molecular weight excluding hydrogens is 516 g/mol. The van der Waals surface area contributed by atoms with Gasteiger partial charge in [-0.3, -0.25) is 19.7 Å². The molecule has 0 aromatic heterocycles. The van der Waals surface area contributed by atoms with Crippen LogP contribution in [0.5, 0.6) is 0 Å². The second-order valence-electron chi connectivity index (χ2n) is 10.5. The lowest BCUT2D eigenvalue weighted by Crippen LogP contribution is -2.52. The minimum absolute atomic E-state index is 0.195. The number of carbonyl (C=O) groups excluding carboxylic acids is 4. The highest BCUT2D eigenvalue weighted by molar-refractivity contribution is 6.05. The smallest absolute Gasteiger partial charge is 0.410 e. The fourth-order valence-corrected chi connectivity index (χ4v) is 4.41. The largest absolute Gasteiger partial charge is 0.444 e. The predicted molar refractivity (Wildman–Crippen MR) is 146 cm³/mol. The first-order valence-electron chi connectivity index (χ1n) is 13.4. The maximum Gasteiger partial charge on any atom is 0.410 e. The van der Waals surface area contributed by atoms with Crippen molar-refractivity contribution in [3.8, 4) is 11.8 Å². The Hall–Kier alpha value is -4.07. The summed E-state index contributed by atoms with van der Waals surface area (Å²) in [5.41, 5.74) is 9.62. The minimum Gasteiger partial charge on any atom is -0.444 e. The van der Waals surface area contributed by atoms with Crippen LogP contribution in [0.15, 0.2) is 23.3 Å². The Balaban J connectivity index is 1.59. The lowest BCUT2D eigenvalue weighted by Gasteiger charge is -2.29. The number of nitrogens with one attached hydrogen (secondary N) is 1. The van der Waals surface area contributed by atoms with Gasteiger partial charge in [0.05, 0.1) is 0 Å². The third-order valence-corrected chi connectivity index (χ3v) is 6.29. The lowest BCUT2D eigenvalue weighted by atomic mass is 10.0. The van der Waals surface area contributed by atoms with Crippen molar-refractivity contribution in [3.05, 3.63) is 45.3 Å². The summed E-state index contributed by atoms with van der Waals surface area (Å²) in [5, 5.41) is 5.77. The molecule has 1 aromatic rings. The average Bonchev–Trinajstić information content (AvgIpc) is 3.22. The van der Waals surface area contributed by atoms with Crippen molar-refractivity contribution < 1.29 is 28.7 Å². The molecule has 214 valence electrons. The Labute approximate surface area is 234 Å². The zero-order valence-electron chi connectivity index (χ0n) is 23.3. The maximum absolute atomic E-state index is 13.0. The molecule has 2 aliphatic rings. The molecule has 0 saturated carbocycles. The van der Waals surface area contributed by atoms with Gasteiger partial charge in [-0.25, -0.2) is 4.79 Å². The van der Waals surface area contributed by atoms with Crippen molar-refractivity contribution in [2.24, 2.45) is 5.11 Å². The van der Waals surface area contributed by atoms with E-state index in [1.807, 2.05) is 26.8 Å². The van der Waals surface area contributed by atoms with Gasteiger partial charge in [-0.1, -0.05) is 23.0 Å². The summed E-state index contributed by atoms with van der Waals surface area (Å²) in [6.07, 6.45) is 1.70. The maximum atomic E-state index is 13.0. The van der Waals surface area contributed by atoms with Crippen LogP contribution in [0.25, 0.3) is 10.4 Å². The molecule has 12 heteroatoms. The van der Waals surface area contributed by atoms with E-state index in [0.29, 0.717) is 69.7 Å². The van der Waals surface area contributed by atoms with E-state index in [2.05, 4.69) is 27.2 Å². The van der Waals surface area contributed by atoms with Crippen molar-refractivity contribution in [1.29, 1.82) is 0 Å². The third-order valence-electron chi connectivity index (χ3n) is 6.29. The molecule has 2 aliphatic heterocycles. The number of hydrogen-bond acceptors (Lipinski definition) is 7. The van der Waals surface area contributed by atoms with Gasteiger partial charge < -0.3 is 19.3 Å². The molecular formula is C28H36N6O6. The molecule has 0 spiro atoms. The Bertz CT molecular complexity index is 1220. The van der Waals surface area contributed by atoms with Crippen LogP contribution in [-0.2, 0) is 25.6 Å². The number of hydrogen-bond donors (Lipinski definition) is 1. The molecule has 0 aliphatic carbocycles. The second-order valence-corrected chi connectivity index (χ2v) is 10.5. The molecule has 0 bridgehead atoms. The van der Waals surface area contributed by atoms with Crippen LogP contribution in [0.4, 0.5) is 4.79 Å². The summed E-state index contributed by atoms with van der Waals surface area (Å²) in [5.74, 6) is 5.21. The highest BCUT2D eigenvalue weighted by Gasteiger charge is 2.39. The molecule has 2 heterocycles. The van der Waals surface area contributed by atoms with Gasteiger partial charge in [-0.15, -0.1) is 0 Å². The number of piperidine rings is 1. The van der Waals surface area contributed by atoms with Crippen LogP contribution >= 0.6 is 0 Å². The summed E-state index contributed by atoms with van der Waals surface area (Å²) >= 11 is 0. The summed E-state index contributed by atoms with van der Waals surface area (Å²) in [4.78, 5) is 55.4. The van der Waals surface area contributed by atoms with E-state index >= 15 is 0 Å². The number of fused-ring (bicyclic) bond motifs is 1. The molecule has 1 atom stereocenters. The molecule has 4 amide bonds. The van der Waals surface area contributed by atoms with Gasteiger partial charge >= 0.3 is 6.09 Å². The molecule has 3 rings (SSSR count). The SMILES string of the molecule is CC(C)(C)OC(=O)N(CCC#Cc1cccc2c1CN(C1CCC(=O)NC1=O)C2=O)CCCOCCCN=[N+]=[N-]. The summed E-state index contributed by atoms with van der Waals surface area (Å²) in [6.45, 7) is 7.78. The fourth-order valence-electron chi connectivity index (χ4n) is 4.41. The topological polar surface area (TPSA) is 154 Å². The van der Waals surface area contributed by atoms with Gasteiger partial charge in [-0.2, -0.15) is 0 Å². The number of azide groups is 1. The fraction of sp³-hybridized carbons (Fsp3) is 0.571. The molecule has 1 N–H and O–H groups in total. The molecule has 40 heavy (non-hydrogen) atoms. The number of benzene rings is 1. The van der Waals surface area contributed by atoms with Gasteiger partial charge in [-0.05, 0) is 63.3 Å². The van der Waals surface area contributed by atoms with Gasteiger partial charge in [0.15, 0.2) is 0 Å². The standard InChI is InChI=1S/C28H36N6O6/c1-28(2,3)40-27(38)33(16-8-18-39-17-7-14-30-32-29)15-5-4-9-20-10-6-11-21-22(20)19-34(26(21)37)23-12-13-24(35)31-25(23)36/h6,10-11,23H,5,7-8,12-19H2,1-3H3,(H,31,35,36). The molecule has 12 nitrogen and oxygen atoms in total. The Kier molecular flexibility index (Phi) is 10.9. The highest BCUT2D eigenvalue weighted by Crippen LogP contribution is 2.29. The molecule has 1 saturated heterocycles. The van der Waals surface area contributed by atoms with E-state index in [-0.39, 0.29) is 24.8 Å². The summed E-state index contributed by atoms with van der Waals surface area (Å²) in [6, 6.07) is 4.63. The predicted octanol–water partition coefficient (Wildman–Crippen LogP) is 3.53. The summed E-state index contributed by atoms with van der Waals surface area (Å²) in [7, 11) is 0. The minimum atomic E-state index is -0.684. The van der Waals surface area contributed by atoms with Crippen molar-refractivity contribution in [3.63, 3.8) is 0 Å². The molecule has 1 aromatic carbocycles. The van der Waals surface area contributed by atoms with Crippen molar-refractivity contribution in [2.45, 2.75) is 71.1 Å². The Morgan fingerprint density at radius 3 is 2.73 bits per heavy atom. The average molecular weight is 553 g/mol. The van der Waals surface area contributed by atoms with Crippen LogP contribution in [-0.4, -0.2) is 78.1 Å². The summed E-state index contributed by atoms with van der Waals surface area (Å²) < 4.78 is 11.1. The number of amides is 4. The monoisotopic (exact) mass is 552 g/mol. The number of imide groups is 1. The van der Waals surface area contributed by atoms with E-state index in [9.17, 15) is 19.2 Å². The van der Waals surface area contributed by atoms with E-state index in [0.717, 1.165) is 5.56 Å². The van der Waals surface area contributed by atoms with Crippen molar-refractivity contribution >= 4 is 23.8 Å². The lowest BCUT2D eigenvalue weighted by molar-refractivity contribution is -0.136. The Morgan fingerprint density at radius 1 is 1.23 bits per heavy atom. The van der Waals surface area contributed by atoms with E-state index in [4.69, 9.17) is 15.0 Å². The van der Waals surface area contributed by atoms with Gasteiger partial charge in [0, 0.05) is 68.3 Å². The van der Waals surface area contributed by atoms with Gasteiger partial charge in [0.1, 0.15) is 11.6 Å². The quantitative estimate of drug-likeness (QED) is 0.111. The van der Waals surface area contributed by atoms with E-state index < -0.39 is 23.6 Å². The van der Waals surface area contributed by atoms with Crippen molar-refractivity contribution in [1.82, 2.24) is 15.1 Å². The number of carbonyl (C=O) groups is 4. The number of rotatable bonds is 11. The highest BCUT2D eigenvalue weighted by atomic mass is 16.6. The van der Waals surface area contributed by atoms with Gasteiger partial charge in [0.2, 0.25) is 11.8 Å². The van der Waals surface area contributed by atoms with Crippen LogP contribution in [0.2, 0.25) is 0 Å². The molecule has 1 unspecified atom stereocenters. The second kappa shape index (κ2) is 14.4. The van der Waals surface area contributed by atoms with E-state index in [1.54, 1.807) is 17.0 Å². The molecule has 0 radical (unpaired) electrons. The number of ether oxygens (including phenoxy) is 2.